The summed E-state index contributed by atoms with van der Waals surface area (Å²) in [6, 6.07) is 8.77. The van der Waals surface area contributed by atoms with Gasteiger partial charge in [0.15, 0.2) is 6.61 Å². The van der Waals surface area contributed by atoms with Crippen molar-refractivity contribution < 1.29 is 19.1 Å². The van der Waals surface area contributed by atoms with Crippen LogP contribution >= 0.6 is 0 Å². The van der Waals surface area contributed by atoms with E-state index in [1.54, 1.807) is 4.90 Å². The maximum absolute atomic E-state index is 12.2. The fourth-order valence-electron chi connectivity index (χ4n) is 2.80. The van der Waals surface area contributed by atoms with Crippen molar-refractivity contribution in [3.63, 3.8) is 0 Å². The molecule has 6 nitrogen and oxygen atoms in total. The Kier molecular flexibility index (Phi) is 8.11. The molecule has 0 saturated heterocycles. The minimum Gasteiger partial charge on any atom is -0.455 e. The highest BCUT2D eigenvalue weighted by molar-refractivity contribution is 5.81. The van der Waals surface area contributed by atoms with Crippen LogP contribution in [0, 0.1) is 0 Å². The summed E-state index contributed by atoms with van der Waals surface area (Å²) in [5, 5.41) is 2.74. The number of benzene rings is 1. The van der Waals surface area contributed by atoms with Crippen molar-refractivity contribution in [3.8, 4) is 0 Å². The van der Waals surface area contributed by atoms with E-state index in [0.717, 1.165) is 5.56 Å². The van der Waals surface area contributed by atoms with Gasteiger partial charge in [0.05, 0.1) is 12.5 Å². The van der Waals surface area contributed by atoms with Gasteiger partial charge >= 0.3 is 5.97 Å². The van der Waals surface area contributed by atoms with Crippen LogP contribution in [-0.2, 0) is 19.1 Å². The molecular formula is C19H28N2O4. The summed E-state index contributed by atoms with van der Waals surface area (Å²) in [6.45, 7) is 8.78. The molecule has 0 aromatic heterocycles. The van der Waals surface area contributed by atoms with Gasteiger partial charge < -0.3 is 15.0 Å². The monoisotopic (exact) mass is 348 g/mol. The molecule has 25 heavy (non-hydrogen) atoms. The predicted molar refractivity (Wildman–Crippen MR) is 95.7 cm³/mol. The van der Waals surface area contributed by atoms with Crippen molar-refractivity contribution in [2.24, 2.45) is 0 Å². The second-order valence-electron chi connectivity index (χ2n) is 6.52. The summed E-state index contributed by atoms with van der Waals surface area (Å²) in [5.41, 5.74) is 0.812. The van der Waals surface area contributed by atoms with E-state index in [4.69, 9.17) is 4.74 Å². The van der Waals surface area contributed by atoms with E-state index in [2.05, 4.69) is 5.32 Å². The predicted octanol–water partition coefficient (Wildman–Crippen LogP) is 2.44. The van der Waals surface area contributed by atoms with Crippen LogP contribution in [-0.4, -0.2) is 41.4 Å². The molecular weight excluding hydrogens is 320 g/mol. The summed E-state index contributed by atoms with van der Waals surface area (Å²) in [4.78, 5) is 37.4. The third-order valence-corrected chi connectivity index (χ3v) is 3.71. The Hall–Kier alpha value is -2.37. The first kappa shape index (κ1) is 20.7. The summed E-state index contributed by atoms with van der Waals surface area (Å²) in [6.07, 6.45) is -0.0275. The maximum atomic E-state index is 12.2. The number of ether oxygens (including phenoxy) is 1. The Labute approximate surface area is 149 Å². The zero-order chi connectivity index (χ0) is 19.0. The standard InChI is InChI=1S/C19H28N2O4/c1-13(2)21(14(3)4)18(23)12-25-19(24)11-17(20-15(5)22)16-9-7-6-8-10-16/h6-10,13-14,17H,11-12H2,1-5H3,(H,20,22)/t17-/m0/s1. The topological polar surface area (TPSA) is 75.7 Å². The SMILES string of the molecule is CC(=O)N[C@@H](CC(=O)OCC(=O)N(C(C)C)C(C)C)c1ccccc1. The van der Waals surface area contributed by atoms with E-state index in [9.17, 15) is 14.4 Å². The highest BCUT2D eigenvalue weighted by Gasteiger charge is 2.23. The largest absolute Gasteiger partial charge is 0.455 e. The number of nitrogens with zero attached hydrogens (tertiary/aromatic N) is 1. The number of esters is 1. The van der Waals surface area contributed by atoms with Crippen LogP contribution in [0.4, 0.5) is 0 Å². The molecule has 2 amide bonds. The molecule has 0 spiro atoms. The number of nitrogens with one attached hydrogen (secondary N) is 1. The van der Waals surface area contributed by atoms with Crippen LogP contribution in [0.1, 0.15) is 52.6 Å². The molecule has 0 aliphatic rings. The molecule has 0 radical (unpaired) electrons. The first-order valence-corrected chi connectivity index (χ1v) is 8.51. The van der Waals surface area contributed by atoms with Gasteiger partial charge in [-0.05, 0) is 33.3 Å². The van der Waals surface area contributed by atoms with Crippen LogP contribution in [0.5, 0.6) is 0 Å². The molecule has 1 rings (SSSR count). The Balaban J connectivity index is 2.66. The number of hydrogen-bond acceptors (Lipinski definition) is 4. The van der Waals surface area contributed by atoms with Gasteiger partial charge in [0.1, 0.15) is 0 Å². The van der Waals surface area contributed by atoms with Gasteiger partial charge in [0, 0.05) is 19.0 Å². The minimum atomic E-state index is -0.525. The molecule has 0 bridgehead atoms. The lowest BCUT2D eigenvalue weighted by Crippen LogP contribution is -2.44. The van der Waals surface area contributed by atoms with Crippen LogP contribution in [0.2, 0.25) is 0 Å². The van der Waals surface area contributed by atoms with Crippen LogP contribution in [0.25, 0.3) is 0 Å². The van der Waals surface area contributed by atoms with Crippen molar-refractivity contribution in [2.75, 3.05) is 6.61 Å². The molecule has 0 aliphatic carbocycles. The Morgan fingerprint density at radius 2 is 1.60 bits per heavy atom. The number of rotatable bonds is 8. The third-order valence-electron chi connectivity index (χ3n) is 3.71. The lowest BCUT2D eigenvalue weighted by Gasteiger charge is -2.30. The first-order chi connectivity index (χ1) is 11.7. The molecule has 0 unspecified atom stereocenters. The molecule has 1 N–H and O–H groups in total. The number of carbonyl (C=O) groups is 3. The Morgan fingerprint density at radius 1 is 1.04 bits per heavy atom. The normalized spacial score (nSPS) is 12.0. The molecule has 6 heteroatoms. The second-order valence-corrected chi connectivity index (χ2v) is 6.52. The third kappa shape index (κ3) is 6.95. The lowest BCUT2D eigenvalue weighted by molar-refractivity contribution is -0.154. The van der Waals surface area contributed by atoms with Crippen LogP contribution < -0.4 is 5.32 Å². The van der Waals surface area contributed by atoms with Crippen molar-refractivity contribution in [3.05, 3.63) is 35.9 Å². The maximum Gasteiger partial charge on any atom is 0.308 e. The smallest absolute Gasteiger partial charge is 0.308 e. The second kappa shape index (κ2) is 9.81. The van der Waals surface area contributed by atoms with Gasteiger partial charge in [-0.2, -0.15) is 0 Å². The highest BCUT2D eigenvalue weighted by atomic mass is 16.5. The summed E-state index contributed by atoms with van der Waals surface area (Å²) in [7, 11) is 0. The molecule has 1 aromatic carbocycles. The van der Waals surface area contributed by atoms with Crippen LogP contribution in [0.15, 0.2) is 30.3 Å². The molecule has 0 heterocycles. The van der Waals surface area contributed by atoms with Crippen molar-refractivity contribution in [1.82, 2.24) is 10.2 Å². The van der Waals surface area contributed by atoms with E-state index >= 15 is 0 Å². The van der Waals surface area contributed by atoms with E-state index < -0.39 is 12.0 Å². The number of hydrogen-bond donors (Lipinski definition) is 1. The minimum absolute atomic E-state index is 0.0275. The summed E-state index contributed by atoms with van der Waals surface area (Å²) in [5.74, 6) is -0.985. The zero-order valence-corrected chi connectivity index (χ0v) is 15.6. The summed E-state index contributed by atoms with van der Waals surface area (Å²) >= 11 is 0. The zero-order valence-electron chi connectivity index (χ0n) is 15.6. The van der Waals surface area contributed by atoms with Gasteiger partial charge in [0.25, 0.3) is 5.91 Å². The molecule has 0 aliphatic heterocycles. The van der Waals surface area contributed by atoms with Crippen molar-refractivity contribution in [2.45, 2.75) is 59.2 Å². The number of carbonyl (C=O) groups excluding carboxylic acids is 3. The fourth-order valence-corrected chi connectivity index (χ4v) is 2.80. The molecule has 138 valence electrons. The Morgan fingerprint density at radius 3 is 2.08 bits per heavy atom. The van der Waals surface area contributed by atoms with E-state index in [1.165, 1.54) is 6.92 Å². The van der Waals surface area contributed by atoms with E-state index in [0.29, 0.717) is 0 Å². The van der Waals surface area contributed by atoms with Crippen LogP contribution in [0.3, 0.4) is 0 Å². The van der Waals surface area contributed by atoms with Gasteiger partial charge in [-0.15, -0.1) is 0 Å². The average molecular weight is 348 g/mol. The molecule has 0 saturated carbocycles. The van der Waals surface area contributed by atoms with Gasteiger partial charge in [-0.25, -0.2) is 0 Å². The fraction of sp³-hybridized carbons (Fsp3) is 0.526. The lowest BCUT2D eigenvalue weighted by atomic mass is 10.0. The quantitative estimate of drug-likeness (QED) is 0.732. The van der Waals surface area contributed by atoms with Crippen molar-refractivity contribution >= 4 is 17.8 Å². The van der Waals surface area contributed by atoms with E-state index in [-0.39, 0.29) is 36.9 Å². The molecule has 1 aromatic rings. The van der Waals surface area contributed by atoms with Gasteiger partial charge in [0.2, 0.25) is 5.91 Å². The molecule has 1 atom stereocenters. The summed E-state index contributed by atoms with van der Waals surface area (Å²) < 4.78 is 5.14. The van der Waals surface area contributed by atoms with Crippen molar-refractivity contribution in [1.29, 1.82) is 0 Å². The van der Waals surface area contributed by atoms with E-state index in [1.807, 2.05) is 58.0 Å². The van der Waals surface area contributed by atoms with Gasteiger partial charge in [-0.3, -0.25) is 14.4 Å². The Bertz CT molecular complexity index is 576. The highest BCUT2D eigenvalue weighted by Crippen LogP contribution is 2.17. The first-order valence-electron chi connectivity index (χ1n) is 8.51. The molecule has 0 fully saturated rings. The van der Waals surface area contributed by atoms with Gasteiger partial charge in [-0.1, -0.05) is 30.3 Å². The number of amides is 2. The average Bonchev–Trinajstić information content (AvgIpc) is 2.52.